The number of carbonyl (C=O) groups excluding carboxylic acids is 12. The first kappa shape index (κ1) is 110. The molecular formula is C87H129N13O28S. The van der Waals surface area contributed by atoms with Gasteiger partial charge in [0.05, 0.1) is 59.0 Å². The lowest BCUT2D eigenvalue weighted by Crippen LogP contribution is -2.59. The second kappa shape index (κ2) is 61.7. The number of nitrogens with zero attached hydrogens (tertiary/aromatic N) is 1. The van der Waals surface area contributed by atoms with Crippen LogP contribution < -0.4 is 63.1 Å². The Morgan fingerprint density at radius 1 is 0.442 bits per heavy atom. The molecule has 12 amide bonds. The summed E-state index contributed by atoms with van der Waals surface area (Å²) in [6.07, 6.45) is 14.1. The van der Waals surface area contributed by atoms with Crippen LogP contribution in [0, 0.1) is 5.92 Å². The zero-order valence-electron chi connectivity index (χ0n) is 73.7. The molecule has 0 saturated heterocycles. The second-order valence-corrected chi connectivity index (χ2v) is 32.5. The number of carboxylic acids is 4. The average molecular weight is 1840 g/mol. The van der Waals surface area contributed by atoms with Crippen molar-refractivity contribution in [2.45, 2.75) is 242 Å². The van der Waals surface area contributed by atoms with E-state index < -0.39 is 180 Å². The molecule has 1 aromatic heterocycles. The van der Waals surface area contributed by atoms with Crippen molar-refractivity contribution in [1.29, 1.82) is 0 Å². The first-order chi connectivity index (χ1) is 61.5. The summed E-state index contributed by atoms with van der Waals surface area (Å²) < 4.78 is 58.3. The Labute approximate surface area is 750 Å². The number of hydrogen-bond acceptors (Lipinski definition) is 23. The first-order valence-electron chi connectivity index (χ1n) is 43.5. The normalized spacial score (nSPS) is 13.1. The number of carbonyl (C=O) groups is 16. The first-order valence-corrected chi connectivity index (χ1v) is 44.9. The van der Waals surface area contributed by atoms with Gasteiger partial charge in [0.1, 0.15) is 67.3 Å². The van der Waals surface area contributed by atoms with Gasteiger partial charge in [-0.15, -0.1) is 0 Å². The van der Waals surface area contributed by atoms with Crippen molar-refractivity contribution in [1.82, 2.24) is 63.1 Å². The van der Waals surface area contributed by atoms with Crippen molar-refractivity contribution in [3.63, 3.8) is 0 Å². The average Bonchev–Trinajstić information content (AvgIpc) is 1.70. The van der Waals surface area contributed by atoms with E-state index in [1.165, 1.54) is 44.9 Å². The van der Waals surface area contributed by atoms with Crippen LogP contribution in [0.5, 0.6) is 5.75 Å². The van der Waals surface area contributed by atoms with E-state index in [9.17, 15) is 105 Å². The topological polar surface area (TPSA) is 620 Å². The highest BCUT2D eigenvalue weighted by Crippen LogP contribution is 2.22. The monoisotopic (exact) mass is 1840 g/mol. The molecule has 129 heavy (non-hydrogen) atoms. The van der Waals surface area contributed by atoms with Crippen molar-refractivity contribution in [3.8, 4) is 5.75 Å². The number of benzene rings is 3. The lowest BCUT2D eigenvalue weighted by Gasteiger charge is -2.30. The molecule has 0 saturated carbocycles. The Kier molecular flexibility index (Phi) is 52.4. The number of amides is 12. The summed E-state index contributed by atoms with van der Waals surface area (Å²) in [5.41, 5.74) is 7.72. The van der Waals surface area contributed by atoms with Gasteiger partial charge in [0.25, 0.3) is 0 Å². The smallest absolute Gasteiger partial charge is 0.446 e. The van der Waals surface area contributed by atoms with Crippen molar-refractivity contribution in [2.75, 3.05) is 79.5 Å². The molecule has 8 atom stereocenters. The van der Waals surface area contributed by atoms with Crippen LogP contribution in [-0.2, 0) is 125 Å². The predicted octanol–water partition coefficient (Wildman–Crippen LogP) is 2.87. The summed E-state index contributed by atoms with van der Waals surface area (Å²) in [6, 6.07) is 7.93. The van der Waals surface area contributed by atoms with Gasteiger partial charge in [0.2, 0.25) is 70.9 Å². The molecule has 1 heterocycles. The molecule has 18 N–H and O–H groups in total. The summed E-state index contributed by atoms with van der Waals surface area (Å²) in [5.74, 6) is -16.1. The number of fused-ring (bicyclic) bond motifs is 1. The number of aromatic nitrogens is 1. The van der Waals surface area contributed by atoms with Gasteiger partial charge in [-0.05, 0) is 72.9 Å². The maximum atomic E-state index is 14.6. The summed E-state index contributed by atoms with van der Waals surface area (Å²) in [5, 5.41) is 63.9. The van der Waals surface area contributed by atoms with E-state index in [-0.39, 0.29) is 134 Å². The van der Waals surface area contributed by atoms with Gasteiger partial charge in [-0.25, -0.2) is 4.79 Å². The number of aromatic amines is 1. The van der Waals surface area contributed by atoms with Gasteiger partial charge < -0.3 is 112 Å². The van der Waals surface area contributed by atoms with Gasteiger partial charge >= 0.3 is 34.3 Å². The Balaban J connectivity index is 1.26. The van der Waals surface area contributed by atoms with E-state index in [2.05, 4.69) is 62.3 Å². The van der Waals surface area contributed by atoms with Gasteiger partial charge in [0, 0.05) is 75.8 Å². The minimum atomic E-state index is -4.99. The largest absolute Gasteiger partial charge is 0.481 e. The Morgan fingerprint density at radius 2 is 0.922 bits per heavy atom. The van der Waals surface area contributed by atoms with Crippen LogP contribution in [0.3, 0.4) is 0 Å². The lowest BCUT2D eigenvalue weighted by atomic mass is 10.0. The lowest BCUT2D eigenvalue weighted by molar-refractivity contribution is -0.146. The van der Waals surface area contributed by atoms with Gasteiger partial charge in [-0.1, -0.05) is 171 Å². The molecule has 3 aromatic carbocycles. The van der Waals surface area contributed by atoms with Crippen LogP contribution in [0.15, 0.2) is 85.1 Å². The molecule has 4 rings (SSSR count). The number of hydrogen-bond donors (Lipinski definition) is 17. The molecule has 0 fully saturated rings. The van der Waals surface area contributed by atoms with Crippen LogP contribution in [0.2, 0.25) is 0 Å². The minimum absolute atomic E-state index is 0.0104. The fourth-order valence-corrected chi connectivity index (χ4v) is 13.9. The number of unbranched alkanes of at least 4 members (excludes halogenated alkanes) is 14. The van der Waals surface area contributed by atoms with E-state index in [0.717, 1.165) is 74.8 Å². The summed E-state index contributed by atoms with van der Waals surface area (Å²) in [6.45, 7) is 3.28. The molecule has 0 spiro atoms. The third kappa shape index (κ3) is 47.8. The maximum Gasteiger partial charge on any atom is 0.446 e. The van der Waals surface area contributed by atoms with E-state index in [0.29, 0.717) is 41.3 Å². The van der Waals surface area contributed by atoms with Crippen LogP contribution in [-0.4, -0.2) is 266 Å². The van der Waals surface area contributed by atoms with E-state index in [1.54, 1.807) is 81.6 Å². The van der Waals surface area contributed by atoms with E-state index in [1.807, 2.05) is 0 Å². The highest BCUT2D eigenvalue weighted by atomic mass is 32.3. The molecule has 0 bridgehead atoms. The number of nitrogens with two attached hydrogens (primary N) is 1. The number of para-hydroxylation sites is 1. The Bertz CT molecular complexity index is 4350. The molecule has 0 radical (unpaired) electrons. The van der Waals surface area contributed by atoms with Crippen LogP contribution in [0.1, 0.15) is 192 Å². The molecule has 41 nitrogen and oxygen atoms in total. The number of nitrogens with one attached hydrogen (secondary N) is 11. The number of carboxylic acid groups (broad SMARTS) is 4. The number of ether oxygens (including phenoxy) is 4. The number of likely N-dealkylation sites (N-methyl/N-ethyl adjacent to an activating group) is 1. The molecule has 0 aliphatic carbocycles. The summed E-state index contributed by atoms with van der Waals surface area (Å²) >= 11 is 0. The number of rotatable bonds is 71. The fraction of sp³-hybridized carbons (Fsp3) is 0.586. The summed E-state index contributed by atoms with van der Waals surface area (Å²) in [4.78, 5) is 214. The minimum Gasteiger partial charge on any atom is -0.481 e. The van der Waals surface area contributed by atoms with Crippen molar-refractivity contribution in [3.05, 3.63) is 102 Å². The number of H-pyrrole nitrogens is 1. The third-order valence-corrected chi connectivity index (χ3v) is 20.7. The highest BCUT2D eigenvalue weighted by molar-refractivity contribution is 7.81. The van der Waals surface area contributed by atoms with Crippen LogP contribution in [0.4, 0.5) is 0 Å². The summed E-state index contributed by atoms with van der Waals surface area (Å²) in [7, 11) is -3.76. The highest BCUT2D eigenvalue weighted by Gasteiger charge is 2.37. The van der Waals surface area contributed by atoms with E-state index in [4.69, 9.17) is 29.8 Å². The van der Waals surface area contributed by atoms with Gasteiger partial charge in [-0.2, -0.15) is 8.42 Å². The number of primary amides is 1. The molecule has 0 aliphatic rings. The van der Waals surface area contributed by atoms with Crippen molar-refractivity contribution < 1.29 is 133 Å². The molecule has 0 aliphatic heterocycles. The third-order valence-electron chi connectivity index (χ3n) is 20.3. The predicted molar refractivity (Wildman–Crippen MR) is 468 cm³/mol. The van der Waals surface area contributed by atoms with Crippen LogP contribution >= 0.6 is 0 Å². The molecule has 0 unspecified atom stereocenters. The fourth-order valence-electron chi connectivity index (χ4n) is 13.6. The van der Waals surface area contributed by atoms with Gasteiger partial charge in [-0.3, -0.25) is 76.5 Å². The zero-order chi connectivity index (χ0) is 95.1. The Morgan fingerprint density at radius 3 is 1.48 bits per heavy atom. The van der Waals surface area contributed by atoms with Crippen molar-refractivity contribution in [2.24, 2.45) is 11.7 Å². The second-order valence-electron chi connectivity index (χ2n) is 31.5. The Hall–Kier alpha value is -11.7. The van der Waals surface area contributed by atoms with Gasteiger partial charge in [0.15, 0.2) is 0 Å². The maximum absolute atomic E-state index is 14.6. The molecule has 716 valence electrons. The van der Waals surface area contributed by atoms with Crippen LogP contribution in [0.25, 0.3) is 10.9 Å². The van der Waals surface area contributed by atoms with E-state index >= 15 is 0 Å². The zero-order valence-corrected chi connectivity index (χ0v) is 74.5. The van der Waals surface area contributed by atoms with Crippen molar-refractivity contribution >= 4 is 116 Å². The molecule has 4 aromatic rings. The standard InChI is InChI=1S/C87H129N13O28S/c1-5-6-29-64(82(114)99-70(52-79(110)111)86(118)100(4)71(80(88)112)49-58-26-20-19-21-27-58)96-84(116)68(50-60-53-91-63-30-25-24-28-62(60)63)94-74(103)54-92-81(113)66(47-57(2)3)97-83(115)67(48-59-33-35-61(36-34-59)128-129(121,122)123)98-85(117)69(51-78(108)109)95-76(105)56-127-46-44-125-42-40-90-75(104)55-126-45-43-124-41-39-89-72(101)38-37-65(87(119)120)93-73(102)31-22-17-15-13-11-9-7-8-10-12-14-16-18-23-32-77(106)107/h19-21,24-28,30,33-36,53,57,64-71,91H,5-18,22-23,29,31-32,37-52,54-56H2,1-4H3,(H2,88,112)(H,89,101)(H,90,104)(H,92,113)(H,93,102)(H,94,103)(H,95,105)(H,96,116)(H,97,115)(H,98,117)(H,99,114)(H,106,107)(H,108,109)(H,110,111)(H,119,120)(H,121,122,123)/t64-,65-,66-,67-,68-,69-,70-,71-/m0/s1. The molecule has 42 heteroatoms. The number of aliphatic carboxylic acids is 4. The molecular weight excluding hydrogens is 1710 g/mol. The quantitative estimate of drug-likeness (QED) is 0.0223. The SMILES string of the molecule is CCCC[C@H](NC(=O)[C@H](Cc1c[nH]c2ccccc12)NC(=O)CNC(=O)[C@H](CC(C)C)NC(=O)[C@H](Cc1ccc(OS(=O)(=O)O)cc1)NC(=O)[C@H](CC(=O)O)NC(=O)COCCOCCNC(=O)COCCOCCNC(=O)CC[C@H](NC(=O)CCCCCCCCCCCCCCCCC(=O)O)C(=O)O)C(=O)N[C@@H](CC(=O)O)C(=O)N(C)[C@@H](Cc1ccccc1)C(N)=O.